The number of nitrogens with one attached hydrogen (secondary N) is 2. The molecule has 4 N–H and O–H groups in total. The lowest BCUT2D eigenvalue weighted by Gasteiger charge is -2.09. The Balaban J connectivity index is 1.55. The van der Waals surface area contributed by atoms with Crippen LogP contribution >= 0.6 is 23.5 Å². The van der Waals surface area contributed by atoms with E-state index in [-0.39, 0.29) is 23.3 Å². The highest BCUT2D eigenvalue weighted by molar-refractivity contribution is 7.99. The maximum atomic E-state index is 11.9. The van der Waals surface area contributed by atoms with Crippen LogP contribution in [-0.4, -0.2) is 60.8 Å². The van der Waals surface area contributed by atoms with Crippen LogP contribution in [0.2, 0.25) is 0 Å². The van der Waals surface area contributed by atoms with Gasteiger partial charge in [0.05, 0.1) is 14.2 Å². The van der Waals surface area contributed by atoms with Crippen molar-refractivity contribution < 1.29 is 29.3 Å². The fourth-order valence-corrected chi connectivity index (χ4v) is 4.35. The summed E-state index contributed by atoms with van der Waals surface area (Å²) in [6, 6.07) is 10.1. The van der Waals surface area contributed by atoms with Crippen LogP contribution < -0.4 is 20.1 Å². The lowest BCUT2D eigenvalue weighted by atomic mass is 10.3. The SMILES string of the molecule is COc1cc(SCCC(=O)NCCNC(=O)CCSc2ccc(O)c(OC)c2)ccc1O. The number of ether oxygens (including phenoxy) is 2. The van der Waals surface area contributed by atoms with Crippen molar-refractivity contribution in [2.24, 2.45) is 0 Å². The molecule has 0 bridgehead atoms. The highest BCUT2D eigenvalue weighted by Crippen LogP contribution is 2.32. The Bertz CT molecular complexity index is 836. The van der Waals surface area contributed by atoms with E-state index < -0.39 is 0 Å². The van der Waals surface area contributed by atoms with Gasteiger partial charge in [-0.05, 0) is 36.4 Å². The Kier molecular flexibility index (Phi) is 10.9. The molecule has 10 heteroatoms. The van der Waals surface area contributed by atoms with E-state index in [0.717, 1.165) is 9.79 Å². The van der Waals surface area contributed by atoms with Gasteiger partial charge in [-0.25, -0.2) is 0 Å². The highest BCUT2D eigenvalue weighted by atomic mass is 32.2. The number of amides is 2. The van der Waals surface area contributed by atoms with E-state index in [9.17, 15) is 19.8 Å². The summed E-state index contributed by atoms with van der Waals surface area (Å²) < 4.78 is 10.1. The number of phenols is 2. The molecule has 174 valence electrons. The van der Waals surface area contributed by atoms with E-state index in [1.165, 1.54) is 37.7 Å². The lowest BCUT2D eigenvalue weighted by Crippen LogP contribution is -2.34. The number of hydrogen-bond acceptors (Lipinski definition) is 8. The maximum Gasteiger partial charge on any atom is 0.220 e. The molecule has 0 saturated carbocycles. The van der Waals surface area contributed by atoms with E-state index in [0.29, 0.717) is 48.9 Å². The predicted molar refractivity (Wildman–Crippen MR) is 126 cm³/mol. The molecule has 0 aliphatic carbocycles. The molecule has 0 aliphatic heterocycles. The van der Waals surface area contributed by atoms with Gasteiger partial charge in [0, 0.05) is 47.2 Å². The highest BCUT2D eigenvalue weighted by Gasteiger charge is 2.07. The van der Waals surface area contributed by atoms with Crippen molar-refractivity contribution in [1.29, 1.82) is 0 Å². The first-order valence-corrected chi connectivity index (χ1v) is 11.9. The largest absolute Gasteiger partial charge is 0.504 e. The quantitative estimate of drug-likeness (QED) is 0.255. The lowest BCUT2D eigenvalue weighted by molar-refractivity contribution is -0.122. The number of hydrogen-bond donors (Lipinski definition) is 4. The van der Waals surface area contributed by atoms with Gasteiger partial charge in [0.25, 0.3) is 0 Å². The number of thioether (sulfide) groups is 2. The summed E-state index contributed by atoms with van der Waals surface area (Å²) in [6.07, 6.45) is 0.684. The summed E-state index contributed by atoms with van der Waals surface area (Å²) in [7, 11) is 2.98. The van der Waals surface area contributed by atoms with E-state index in [1.54, 1.807) is 36.4 Å². The predicted octanol–water partition coefficient (Wildman–Crippen LogP) is 3.01. The van der Waals surface area contributed by atoms with Crippen LogP contribution in [0.1, 0.15) is 12.8 Å². The van der Waals surface area contributed by atoms with Gasteiger partial charge >= 0.3 is 0 Å². The summed E-state index contributed by atoms with van der Waals surface area (Å²) in [5, 5.41) is 24.8. The minimum Gasteiger partial charge on any atom is -0.504 e. The van der Waals surface area contributed by atoms with Crippen molar-refractivity contribution in [3.05, 3.63) is 36.4 Å². The van der Waals surface area contributed by atoms with Gasteiger partial charge in [-0.15, -0.1) is 23.5 Å². The van der Waals surface area contributed by atoms with Crippen LogP contribution in [0.3, 0.4) is 0 Å². The van der Waals surface area contributed by atoms with Crippen LogP contribution in [0.4, 0.5) is 0 Å². The molecule has 2 aromatic carbocycles. The second-order valence-corrected chi connectivity index (χ2v) is 8.90. The molecular formula is C22H28N2O6S2. The van der Waals surface area contributed by atoms with Gasteiger partial charge in [0.2, 0.25) is 11.8 Å². The molecular weight excluding hydrogens is 452 g/mol. The zero-order valence-corrected chi connectivity index (χ0v) is 19.7. The molecule has 0 heterocycles. The molecule has 0 atom stereocenters. The standard InChI is InChI=1S/C22H28N2O6S2/c1-29-19-13-15(3-5-17(19)25)31-11-7-21(27)23-9-10-24-22(28)8-12-32-16-4-6-18(26)20(14-16)30-2/h3-6,13-14,25-26H,7-12H2,1-2H3,(H,23,27)(H,24,28). The van der Waals surface area contributed by atoms with Crippen molar-refractivity contribution in [1.82, 2.24) is 10.6 Å². The minimum atomic E-state index is -0.0886. The van der Waals surface area contributed by atoms with Gasteiger partial charge in [-0.1, -0.05) is 0 Å². The Morgan fingerprint density at radius 1 is 0.781 bits per heavy atom. The summed E-state index contributed by atoms with van der Waals surface area (Å²) in [6.45, 7) is 0.731. The van der Waals surface area contributed by atoms with Crippen LogP contribution in [0.15, 0.2) is 46.2 Å². The van der Waals surface area contributed by atoms with Crippen molar-refractivity contribution in [2.75, 3.05) is 38.8 Å². The number of benzene rings is 2. The molecule has 0 fully saturated rings. The number of carbonyl (C=O) groups is 2. The molecule has 2 rings (SSSR count). The fraction of sp³-hybridized carbons (Fsp3) is 0.364. The van der Waals surface area contributed by atoms with Crippen LogP contribution in [-0.2, 0) is 9.59 Å². The topological polar surface area (TPSA) is 117 Å². The van der Waals surface area contributed by atoms with Crippen molar-refractivity contribution in [3.63, 3.8) is 0 Å². The van der Waals surface area contributed by atoms with Gasteiger partial charge in [0.1, 0.15) is 0 Å². The first-order valence-electron chi connectivity index (χ1n) is 9.96. The third-order valence-corrected chi connectivity index (χ3v) is 6.26. The number of methoxy groups -OCH3 is 2. The van der Waals surface area contributed by atoms with Crippen molar-refractivity contribution in [2.45, 2.75) is 22.6 Å². The van der Waals surface area contributed by atoms with Crippen molar-refractivity contribution >= 4 is 35.3 Å². The number of aromatic hydroxyl groups is 2. The molecule has 0 saturated heterocycles. The monoisotopic (exact) mass is 480 g/mol. The first kappa shape index (κ1) is 25.5. The second kappa shape index (κ2) is 13.6. The Morgan fingerprint density at radius 2 is 1.19 bits per heavy atom. The number of rotatable bonds is 13. The van der Waals surface area contributed by atoms with E-state index in [4.69, 9.17) is 9.47 Å². The molecule has 8 nitrogen and oxygen atoms in total. The van der Waals surface area contributed by atoms with E-state index >= 15 is 0 Å². The van der Waals surface area contributed by atoms with E-state index in [2.05, 4.69) is 10.6 Å². The van der Waals surface area contributed by atoms with Crippen LogP contribution in [0.5, 0.6) is 23.0 Å². The Hall–Kier alpha value is -2.72. The Labute approximate surface area is 196 Å². The molecule has 0 spiro atoms. The number of phenolic OH excluding ortho intramolecular Hbond substituents is 2. The normalized spacial score (nSPS) is 10.4. The summed E-state index contributed by atoms with van der Waals surface area (Å²) >= 11 is 2.99. The molecule has 2 aromatic rings. The summed E-state index contributed by atoms with van der Waals surface area (Å²) in [5.41, 5.74) is 0. The second-order valence-electron chi connectivity index (χ2n) is 6.56. The maximum absolute atomic E-state index is 11.9. The first-order chi connectivity index (χ1) is 15.4. The Morgan fingerprint density at radius 3 is 1.56 bits per heavy atom. The van der Waals surface area contributed by atoms with Crippen LogP contribution in [0, 0.1) is 0 Å². The van der Waals surface area contributed by atoms with Crippen LogP contribution in [0.25, 0.3) is 0 Å². The zero-order valence-electron chi connectivity index (χ0n) is 18.1. The third kappa shape index (κ3) is 8.80. The average Bonchev–Trinajstić information content (AvgIpc) is 2.79. The van der Waals surface area contributed by atoms with Gasteiger partial charge < -0.3 is 30.3 Å². The summed E-state index contributed by atoms with van der Waals surface area (Å²) in [4.78, 5) is 25.7. The van der Waals surface area contributed by atoms with E-state index in [1.807, 2.05) is 0 Å². The molecule has 2 amide bonds. The average molecular weight is 481 g/mol. The summed E-state index contributed by atoms with van der Waals surface area (Å²) in [5.74, 6) is 1.96. The smallest absolute Gasteiger partial charge is 0.220 e. The molecule has 0 unspecified atom stereocenters. The number of carbonyl (C=O) groups excluding carboxylic acids is 2. The van der Waals surface area contributed by atoms with Gasteiger partial charge in [-0.2, -0.15) is 0 Å². The molecule has 0 aromatic heterocycles. The van der Waals surface area contributed by atoms with Gasteiger partial charge in [0.15, 0.2) is 23.0 Å². The van der Waals surface area contributed by atoms with Gasteiger partial charge in [-0.3, -0.25) is 9.59 Å². The fourth-order valence-electron chi connectivity index (χ4n) is 2.60. The third-order valence-electron chi connectivity index (χ3n) is 4.27. The molecule has 32 heavy (non-hydrogen) atoms. The molecule has 0 aliphatic rings. The zero-order chi connectivity index (χ0) is 23.3. The molecule has 0 radical (unpaired) electrons. The van der Waals surface area contributed by atoms with Crippen molar-refractivity contribution in [3.8, 4) is 23.0 Å². The minimum absolute atomic E-state index is 0.0795.